The van der Waals surface area contributed by atoms with E-state index in [-0.39, 0.29) is 5.92 Å². The van der Waals surface area contributed by atoms with Crippen LogP contribution in [0.4, 0.5) is 0 Å². The zero-order valence-electron chi connectivity index (χ0n) is 19.7. The SMILES string of the molecule is COCCOc1cccc(-c2ccc(C3CCN(S(=O)(=O)C(C)(C)C(=O)O)CC3)cc2C)c1. The van der Waals surface area contributed by atoms with Gasteiger partial charge in [0.15, 0.2) is 4.75 Å². The van der Waals surface area contributed by atoms with E-state index in [1.54, 1.807) is 7.11 Å². The van der Waals surface area contributed by atoms with Crippen molar-refractivity contribution in [3.05, 3.63) is 53.6 Å². The minimum Gasteiger partial charge on any atom is -0.491 e. The Bertz CT molecular complexity index is 1090. The van der Waals surface area contributed by atoms with Crippen LogP contribution in [0.5, 0.6) is 5.75 Å². The summed E-state index contributed by atoms with van der Waals surface area (Å²) in [6.45, 7) is 6.25. The van der Waals surface area contributed by atoms with Gasteiger partial charge in [0.2, 0.25) is 10.0 Å². The number of carboxylic acid groups (broad SMARTS) is 1. The van der Waals surface area contributed by atoms with Gasteiger partial charge in [-0.05, 0) is 73.9 Å². The van der Waals surface area contributed by atoms with E-state index in [0.29, 0.717) is 39.1 Å². The molecule has 33 heavy (non-hydrogen) atoms. The van der Waals surface area contributed by atoms with Gasteiger partial charge in [-0.2, -0.15) is 0 Å². The molecule has 0 amide bonds. The first-order valence-electron chi connectivity index (χ1n) is 11.1. The normalized spacial score (nSPS) is 16.0. The smallest absolute Gasteiger partial charge is 0.325 e. The van der Waals surface area contributed by atoms with Crippen molar-refractivity contribution in [1.82, 2.24) is 4.31 Å². The molecular formula is C25H33NO6S. The van der Waals surface area contributed by atoms with E-state index >= 15 is 0 Å². The lowest BCUT2D eigenvalue weighted by molar-refractivity contribution is -0.139. The molecule has 0 aliphatic carbocycles. The van der Waals surface area contributed by atoms with E-state index in [1.165, 1.54) is 23.7 Å². The third kappa shape index (κ3) is 5.39. The van der Waals surface area contributed by atoms with Gasteiger partial charge in [0.05, 0.1) is 6.61 Å². The van der Waals surface area contributed by atoms with Crippen LogP contribution >= 0.6 is 0 Å². The molecule has 0 atom stereocenters. The summed E-state index contributed by atoms with van der Waals surface area (Å²) in [5.41, 5.74) is 4.52. The number of rotatable bonds is 9. The molecule has 8 heteroatoms. The number of sulfonamides is 1. The number of nitrogens with zero attached hydrogens (tertiary/aromatic N) is 1. The number of piperidine rings is 1. The van der Waals surface area contributed by atoms with Crippen molar-refractivity contribution in [2.24, 2.45) is 0 Å². The van der Waals surface area contributed by atoms with Gasteiger partial charge in [-0.15, -0.1) is 0 Å². The summed E-state index contributed by atoms with van der Waals surface area (Å²) < 4.78 is 35.8. The molecule has 0 spiro atoms. The van der Waals surface area contributed by atoms with Gasteiger partial charge in [-0.3, -0.25) is 4.79 Å². The third-order valence-electron chi connectivity index (χ3n) is 6.38. The molecule has 2 aromatic carbocycles. The zero-order valence-corrected chi connectivity index (χ0v) is 20.5. The number of ether oxygens (including phenoxy) is 2. The molecule has 0 radical (unpaired) electrons. The lowest BCUT2D eigenvalue weighted by atomic mass is 9.87. The second kappa shape index (κ2) is 10.2. The Morgan fingerprint density at radius 1 is 1.12 bits per heavy atom. The second-order valence-corrected chi connectivity index (χ2v) is 11.4. The highest BCUT2D eigenvalue weighted by atomic mass is 32.2. The molecule has 1 N–H and O–H groups in total. The van der Waals surface area contributed by atoms with E-state index in [4.69, 9.17) is 9.47 Å². The number of methoxy groups -OCH3 is 1. The Morgan fingerprint density at radius 2 is 1.82 bits per heavy atom. The van der Waals surface area contributed by atoms with E-state index in [1.807, 2.05) is 18.2 Å². The third-order valence-corrected chi connectivity index (χ3v) is 8.89. The van der Waals surface area contributed by atoms with Crippen LogP contribution in [0.3, 0.4) is 0 Å². The standard InChI is InChI=1S/C25H33NO6S/c1-18-16-20(8-9-23(18)21-6-5-7-22(17-21)32-15-14-31-4)19-10-12-26(13-11-19)33(29,30)25(2,3)24(27)28/h5-9,16-17,19H,10-15H2,1-4H3,(H,27,28). The highest BCUT2D eigenvalue weighted by Gasteiger charge is 2.46. The first-order valence-corrected chi connectivity index (χ1v) is 12.6. The number of carboxylic acids is 1. The second-order valence-electron chi connectivity index (χ2n) is 8.94. The van der Waals surface area contributed by atoms with Crippen LogP contribution in [0.2, 0.25) is 0 Å². The number of aryl methyl sites for hydroxylation is 1. The number of benzene rings is 2. The summed E-state index contributed by atoms with van der Waals surface area (Å²) in [5, 5.41) is 9.34. The molecule has 0 bridgehead atoms. The molecule has 2 aromatic rings. The van der Waals surface area contributed by atoms with Gasteiger partial charge in [0.1, 0.15) is 12.4 Å². The lowest BCUT2D eigenvalue weighted by Gasteiger charge is -2.35. The fraction of sp³-hybridized carbons (Fsp3) is 0.480. The van der Waals surface area contributed by atoms with Crippen LogP contribution in [-0.2, 0) is 19.6 Å². The monoisotopic (exact) mass is 475 g/mol. The Morgan fingerprint density at radius 3 is 2.42 bits per heavy atom. The van der Waals surface area contributed by atoms with Gasteiger partial charge in [0.25, 0.3) is 0 Å². The molecule has 0 aromatic heterocycles. The van der Waals surface area contributed by atoms with Crippen LogP contribution in [0, 0.1) is 6.92 Å². The molecule has 7 nitrogen and oxygen atoms in total. The first-order chi connectivity index (χ1) is 15.6. The zero-order chi connectivity index (χ0) is 24.2. The van der Waals surface area contributed by atoms with Crippen molar-refractivity contribution in [3.63, 3.8) is 0 Å². The first kappa shape index (κ1) is 25.2. The minimum absolute atomic E-state index is 0.237. The molecule has 1 fully saturated rings. The quantitative estimate of drug-likeness (QED) is 0.550. The van der Waals surface area contributed by atoms with Crippen molar-refractivity contribution >= 4 is 16.0 Å². The fourth-order valence-corrected chi connectivity index (χ4v) is 5.68. The van der Waals surface area contributed by atoms with E-state index in [0.717, 1.165) is 22.4 Å². The minimum atomic E-state index is -3.92. The average molecular weight is 476 g/mol. The Labute approximate surface area is 196 Å². The van der Waals surface area contributed by atoms with Crippen LogP contribution in [0.1, 0.15) is 43.7 Å². The predicted molar refractivity (Wildman–Crippen MR) is 128 cm³/mol. The van der Waals surface area contributed by atoms with E-state index < -0.39 is 20.7 Å². The summed E-state index contributed by atoms with van der Waals surface area (Å²) in [6, 6.07) is 14.4. The van der Waals surface area contributed by atoms with E-state index in [9.17, 15) is 18.3 Å². The molecule has 0 unspecified atom stereocenters. The van der Waals surface area contributed by atoms with Crippen molar-refractivity contribution in [2.45, 2.75) is 44.3 Å². The largest absolute Gasteiger partial charge is 0.491 e. The summed E-state index contributed by atoms with van der Waals surface area (Å²) in [5.74, 6) is -0.296. The summed E-state index contributed by atoms with van der Waals surface area (Å²) in [7, 11) is -2.27. The molecule has 180 valence electrons. The number of carbonyl (C=O) groups is 1. The highest BCUT2D eigenvalue weighted by Crippen LogP contribution is 2.35. The van der Waals surface area contributed by atoms with Gasteiger partial charge in [0, 0.05) is 20.2 Å². The summed E-state index contributed by atoms with van der Waals surface area (Å²) in [4.78, 5) is 11.5. The van der Waals surface area contributed by atoms with Crippen LogP contribution in [0.25, 0.3) is 11.1 Å². The molecular weight excluding hydrogens is 442 g/mol. The van der Waals surface area contributed by atoms with Crippen molar-refractivity contribution in [2.75, 3.05) is 33.4 Å². The maximum absolute atomic E-state index is 12.8. The predicted octanol–water partition coefficient (Wildman–Crippen LogP) is 4.06. The topological polar surface area (TPSA) is 93.1 Å². The van der Waals surface area contributed by atoms with Crippen molar-refractivity contribution in [3.8, 4) is 16.9 Å². The maximum atomic E-state index is 12.8. The van der Waals surface area contributed by atoms with E-state index in [2.05, 4.69) is 31.2 Å². The molecule has 1 aliphatic heterocycles. The highest BCUT2D eigenvalue weighted by molar-refractivity contribution is 7.91. The van der Waals surface area contributed by atoms with Gasteiger partial charge < -0.3 is 14.6 Å². The van der Waals surface area contributed by atoms with Gasteiger partial charge >= 0.3 is 5.97 Å². The van der Waals surface area contributed by atoms with Crippen LogP contribution in [-0.4, -0.2) is 62.0 Å². The van der Waals surface area contributed by atoms with Crippen molar-refractivity contribution in [1.29, 1.82) is 0 Å². The lowest BCUT2D eigenvalue weighted by Crippen LogP contribution is -2.51. The fourth-order valence-electron chi connectivity index (χ4n) is 4.12. The molecule has 1 saturated heterocycles. The van der Waals surface area contributed by atoms with Gasteiger partial charge in [-0.1, -0.05) is 30.3 Å². The number of aliphatic carboxylic acids is 1. The Hall–Kier alpha value is -2.42. The summed E-state index contributed by atoms with van der Waals surface area (Å²) in [6.07, 6.45) is 1.33. The molecule has 1 aliphatic rings. The number of hydrogen-bond acceptors (Lipinski definition) is 5. The molecule has 3 rings (SSSR count). The molecule has 0 saturated carbocycles. The Kier molecular flexibility index (Phi) is 7.82. The van der Waals surface area contributed by atoms with Crippen LogP contribution < -0.4 is 4.74 Å². The number of hydrogen-bond donors (Lipinski definition) is 1. The Balaban J connectivity index is 1.71. The van der Waals surface area contributed by atoms with Crippen LogP contribution in [0.15, 0.2) is 42.5 Å². The summed E-state index contributed by atoms with van der Waals surface area (Å²) >= 11 is 0. The van der Waals surface area contributed by atoms with Crippen molar-refractivity contribution < 1.29 is 27.8 Å². The maximum Gasteiger partial charge on any atom is 0.325 e. The van der Waals surface area contributed by atoms with Gasteiger partial charge in [-0.25, -0.2) is 12.7 Å². The molecule has 1 heterocycles. The average Bonchev–Trinajstić information content (AvgIpc) is 2.79.